The molecule has 0 unspecified atom stereocenters. The Morgan fingerprint density at radius 2 is 2.10 bits per heavy atom. The largest absolute Gasteiger partial charge is 0.338 e. The van der Waals surface area contributed by atoms with Crippen molar-refractivity contribution < 1.29 is 9.59 Å². The van der Waals surface area contributed by atoms with Crippen LogP contribution in [0.1, 0.15) is 46.9 Å². The Morgan fingerprint density at radius 1 is 1.30 bits per heavy atom. The van der Waals surface area contributed by atoms with Crippen molar-refractivity contribution in [2.45, 2.75) is 26.7 Å². The molecule has 0 aliphatic carbocycles. The second kappa shape index (κ2) is 6.14. The molecule has 0 radical (unpaired) electrons. The van der Waals surface area contributed by atoms with E-state index in [-0.39, 0.29) is 11.7 Å². The topological polar surface area (TPSA) is 74.8 Å². The van der Waals surface area contributed by atoms with Crippen LogP contribution in [0, 0.1) is 0 Å². The summed E-state index contributed by atoms with van der Waals surface area (Å²) in [5.41, 5.74) is 1.61. The zero-order valence-corrected chi connectivity index (χ0v) is 11.6. The van der Waals surface area contributed by atoms with E-state index in [1.54, 1.807) is 24.3 Å². The Hall–Kier alpha value is -2.43. The van der Waals surface area contributed by atoms with E-state index in [0.29, 0.717) is 23.4 Å². The summed E-state index contributed by atoms with van der Waals surface area (Å²) in [4.78, 5) is 30.7. The number of hydrogen-bond acceptors (Lipinski definition) is 3. The summed E-state index contributed by atoms with van der Waals surface area (Å²) in [6.07, 6.45) is 2.70. The third-order valence-electron chi connectivity index (χ3n) is 2.97. The van der Waals surface area contributed by atoms with E-state index in [9.17, 15) is 9.59 Å². The van der Waals surface area contributed by atoms with Gasteiger partial charge in [0.1, 0.15) is 11.5 Å². The van der Waals surface area contributed by atoms with E-state index < -0.39 is 0 Å². The first-order valence-electron chi connectivity index (χ1n) is 6.62. The number of rotatable bonds is 5. The van der Waals surface area contributed by atoms with Crippen LogP contribution in [0.25, 0.3) is 0 Å². The fourth-order valence-electron chi connectivity index (χ4n) is 1.83. The molecule has 1 aromatic carbocycles. The Morgan fingerprint density at radius 3 is 2.75 bits per heavy atom. The molecule has 2 aromatic rings. The van der Waals surface area contributed by atoms with Gasteiger partial charge in [-0.05, 0) is 12.1 Å². The van der Waals surface area contributed by atoms with Gasteiger partial charge in [-0.2, -0.15) is 0 Å². The van der Waals surface area contributed by atoms with E-state index in [1.165, 1.54) is 6.20 Å². The molecule has 104 valence electrons. The molecule has 5 heteroatoms. The van der Waals surface area contributed by atoms with Crippen molar-refractivity contribution in [2.24, 2.45) is 0 Å². The minimum absolute atomic E-state index is 0.0518. The van der Waals surface area contributed by atoms with Crippen LogP contribution in [0.5, 0.6) is 0 Å². The lowest BCUT2D eigenvalue weighted by atomic mass is 10.1. The molecule has 1 amide bonds. The van der Waals surface area contributed by atoms with Gasteiger partial charge in [-0.1, -0.05) is 26.0 Å². The highest BCUT2D eigenvalue weighted by molar-refractivity contribution is 6.04. The zero-order valence-electron chi connectivity index (χ0n) is 11.6. The minimum atomic E-state index is -0.265. The highest BCUT2D eigenvalue weighted by Gasteiger charge is 2.10. The van der Waals surface area contributed by atoms with Gasteiger partial charge < -0.3 is 10.3 Å². The normalized spacial score (nSPS) is 10.3. The second-order valence-corrected chi connectivity index (χ2v) is 4.41. The summed E-state index contributed by atoms with van der Waals surface area (Å²) in [6, 6.07) is 6.93. The number of benzene rings is 1. The number of aromatic amines is 1. The number of aryl methyl sites for hydroxylation is 1. The lowest BCUT2D eigenvalue weighted by Gasteiger charge is -2.05. The van der Waals surface area contributed by atoms with Gasteiger partial charge in [0.25, 0.3) is 5.91 Å². The smallest absolute Gasteiger partial charge is 0.273 e. The van der Waals surface area contributed by atoms with Gasteiger partial charge in [-0.15, -0.1) is 0 Å². The number of anilines is 1. The molecule has 5 nitrogen and oxygen atoms in total. The van der Waals surface area contributed by atoms with Crippen LogP contribution in [0.4, 0.5) is 5.69 Å². The number of nitrogens with one attached hydrogen (secondary N) is 2. The number of Topliss-reactive ketones (excluding diaryl/α,β-unsaturated/α-hetero) is 1. The van der Waals surface area contributed by atoms with E-state index in [1.807, 2.05) is 13.8 Å². The molecular formula is C15H17N3O2. The number of ketones is 1. The monoisotopic (exact) mass is 271 g/mol. The van der Waals surface area contributed by atoms with Crippen molar-refractivity contribution in [2.75, 3.05) is 5.32 Å². The van der Waals surface area contributed by atoms with E-state index in [4.69, 9.17) is 0 Å². The SMILES string of the molecule is CCC(=O)c1cccc(NC(=O)c2cnc(CC)[nH]2)c1. The molecule has 1 heterocycles. The number of aromatic nitrogens is 2. The number of hydrogen-bond donors (Lipinski definition) is 2. The van der Waals surface area contributed by atoms with Crippen molar-refractivity contribution in [1.82, 2.24) is 9.97 Å². The minimum Gasteiger partial charge on any atom is -0.338 e. The van der Waals surface area contributed by atoms with Crippen LogP contribution in [-0.4, -0.2) is 21.7 Å². The number of amides is 1. The standard InChI is InChI=1S/C15H17N3O2/c1-3-13(19)10-6-5-7-11(8-10)17-15(20)12-9-16-14(4-2)18-12/h5-9H,3-4H2,1-2H3,(H,16,18)(H,17,20). The fraction of sp³-hybridized carbons (Fsp3) is 0.267. The predicted octanol–water partition coefficient (Wildman–Crippen LogP) is 2.82. The maximum atomic E-state index is 12.0. The van der Waals surface area contributed by atoms with Gasteiger partial charge in [0.2, 0.25) is 0 Å². The van der Waals surface area contributed by atoms with E-state index in [0.717, 1.165) is 12.2 Å². The summed E-state index contributed by atoms with van der Waals surface area (Å²) in [5.74, 6) is 0.555. The van der Waals surface area contributed by atoms with E-state index >= 15 is 0 Å². The van der Waals surface area contributed by atoms with Crippen LogP contribution in [0.3, 0.4) is 0 Å². The van der Waals surface area contributed by atoms with Gasteiger partial charge in [-0.3, -0.25) is 9.59 Å². The quantitative estimate of drug-likeness (QED) is 0.821. The van der Waals surface area contributed by atoms with Gasteiger partial charge in [-0.25, -0.2) is 4.98 Å². The van der Waals surface area contributed by atoms with Gasteiger partial charge in [0.15, 0.2) is 5.78 Å². The average Bonchev–Trinajstić information content (AvgIpc) is 2.95. The third-order valence-corrected chi connectivity index (χ3v) is 2.97. The molecule has 0 saturated heterocycles. The van der Waals surface area contributed by atoms with Crippen LogP contribution in [0.2, 0.25) is 0 Å². The van der Waals surface area contributed by atoms with Gasteiger partial charge >= 0.3 is 0 Å². The highest BCUT2D eigenvalue weighted by atomic mass is 16.2. The fourth-order valence-corrected chi connectivity index (χ4v) is 1.83. The lowest BCUT2D eigenvalue weighted by molar-refractivity contribution is 0.0985. The lowest BCUT2D eigenvalue weighted by Crippen LogP contribution is -2.13. The highest BCUT2D eigenvalue weighted by Crippen LogP contribution is 2.13. The Labute approximate surface area is 117 Å². The summed E-state index contributed by atoms with van der Waals surface area (Å²) < 4.78 is 0. The molecule has 2 rings (SSSR count). The average molecular weight is 271 g/mol. The number of imidazole rings is 1. The van der Waals surface area contributed by atoms with Crippen LogP contribution in [0.15, 0.2) is 30.5 Å². The van der Waals surface area contributed by atoms with Crippen molar-refractivity contribution in [1.29, 1.82) is 0 Å². The summed E-state index contributed by atoms with van der Waals surface area (Å²) in [5, 5.41) is 2.75. The summed E-state index contributed by atoms with van der Waals surface area (Å²) >= 11 is 0. The van der Waals surface area contributed by atoms with Crippen molar-refractivity contribution in [3.8, 4) is 0 Å². The molecule has 0 spiro atoms. The summed E-state index contributed by atoms with van der Waals surface area (Å²) in [6.45, 7) is 3.77. The van der Waals surface area contributed by atoms with Gasteiger partial charge in [0, 0.05) is 24.1 Å². The summed E-state index contributed by atoms with van der Waals surface area (Å²) in [7, 11) is 0. The first-order valence-corrected chi connectivity index (χ1v) is 6.62. The molecule has 1 aromatic heterocycles. The van der Waals surface area contributed by atoms with Crippen LogP contribution >= 0.6 is 0 Å². The van der Waals surface area contributed by atoms with E-state index in [2.05, 4.69) is 15.3 Å². The second-order valence-electron chi connectivity index (χ2n) is 4.41. The Bertz CT molecular complexity index is 632. The predicted molar refractivity (Wildman–Crippen MR) is 77.0 cm³/mol. The van der Waals surface area contributed by atoms with Crippen LogP contribution in [-0.2, 0) is 6.42 Å². The zero-order chi connectivity index (χ0) is 14.5. The molecule has 0 fully saturated rings. The number of nitrogens with zero attached hydrogens (tertiary/aromatic N) is 1. The Balaban J connectivity index is 2.13. The number of carbonyl (C=O) groups excluding carboxylic acids is 2. The molecule has 0 aliphatic heterocycles. The third kappa shape index (κ3) is 3.12. The first kappa shape index (κ1) is 14.0. The maximum absolute atomic E-state index is 12.0. The molecule has 0 saturated carbocycles. The molecule has 0 bridgehead atoms. The number of carbonyl (C=O) groups is 2. The molecular weight excluding hydrogens is 254 g/mol. The van der Waals surface area contributed by atoms with Gasteiger partial charge in [0.05, 0.1) is 6.20 Å². The molecule has 20 heavy (non-hydrogen) atoms. The number of H-pyrrole nitrogens is 1. The van der Waals surface area contributed by atoms with Crippen molar-refractivity contribution >= 4 is 17.4 Å². The van der Waals surface area contributed by atoms with Crippen molar-refractivity contribution in [3.05, 3.63) is 47.5 Å². The molecule has 2 N–H and O–H groups in total. The maximum Gasteiger partial charge on any atom is 0.273 e. The Kier molecular flexibility index (Phi) is 4.30. The van der Waals surface area contributed by atoms with Crippen LogP contribution < -0.4 is 5.32 Å². The first-order chi connectivity index (χ1) is 9.63. The molecule has 0 atom stereocenters. The van der Waals surface area contributed by atoms with Crippen molar-refractivity contribution in [3.63, 3.8) is 0 Å². The molecule has 0 aliphatic rings.